The number of nitro benzene ring substituents is 1. The third-order valence-electron chi connectivity index (χ3n) is 5.02. The number of carbonyl (C=O) groups is 1. The van der Waals surface area contributed by atoms with Crippen LogP contribution in [0.1, 0.15) is 21.6 Å². The molecular weight excluding hydrogens is 356 g/mol. The van der Waals surface area contributed by atoms with E-state index in [1.54, 1.807) is 6.07 Å². The number of hydrogen-bond donors (Lipinski definition) is 2. The summed E-state index contributed by atoms with van der Waals surface area (Å²) >= 11 is 0. The van der Waals surface area contributed by atoms with E-state index in [1.165, 1.54) is 28.8 Å². The second-order valence-electron chi connectivity index (χ2n) is 6.72. The third-order valence-corrected chi connectivity index (χ3v) is 5.02. The van der Waals surface area contributed by atoms with E-state index in [9.17, 15) is 14.9 Å². The lowest BCUT2D eigenvalue weighted by Crippen LogP contribution is -2.13. The monoisotopic (exact) mass is 370 g/mol. The van der Waals surface area contributed by atoms with Gasteiger partial charge in [0.1, 0.15) is 0 Å². The van der Waals surface area contributed by atoms with Crippen molar-refractivity contribution in [2.45, 2.75) is 6.42 Å². The highest BCUT2D eigenvalue weighted by Crippen LogP contribution is 2.37. The van der Waals surface area contributed by atoms with Gasteiger partial charge in [0.2, 0.25) is 0 Å². The number of rotatable bonds is 3. The minimum Gasteiger partial charge on any atom is -0.321 e. The maximum absolute atomic E-state index is 12.7. The zero-order chi connectivity index (χ0) is 19.3. The summed E-state index contributed by atoms with van der Waals surface area (Å²) < 4.78 is 0. The van der Waals surface area contributed by atoms with E-state index in [4.69, 9.17) is 0 Å². The maximum Gasteiger partial charge on any atom is 0.276 e. The molecule has 0 saturated heterocycles. The number of nitrogens with zero attached hydrogens (tertiary/aromatic N) is 2. The number of hydrogen-bond acceptors (Lipinski definition) is 4. The predicted octanol–water partition coefficient (Wildman–Crippen LogP) is 4.29. The fraction of sp³-hybridized carbons (Fsp3) is 0.0476. The van der Waals surface area contributed by atoms with Crippen LogP contribution in [0, 0.1) is 10.1 Å². The molecule has 1 heterocycles. The Kier molecular flexibility index (Phi) is 3.48. The number of aromatic nitrogens is 2. The first-order valence-corrected chi connectivity index (χ1v) is 8.75. The highest BCUT2D eigenvalue weighted by Gasteiger charge is 2.20. The summed E-state index contributed by atoms with van der Waals surface area (Å²) in [5, 5.41) is 21.1. The quantitative estimate of drug-likeness (QED) is 0.365. The van der Waals surface area contributed by atoms with Crippen molar-refractivity contribution in [1.29, 1.82) is 0 Å². The maximum atomic E-state index is 12.7. The summed E-state index contributed by atoms with van der Waals surface area (Å²) in [6.45, 7) is 0. The van der Waals surface area contributed by atoms with Gasteiger partial charge in [-0.25, -0.2) is 0 Å². The SMILES string of the molecule is O=C(Nc1ccc2c(c1)Cc1ccccc1-2)c1n[nH]c2ccc([N+](=O)[O-])cc12. The van der Waals surface area contributed by atoms with Crippen LogP contribution in [-0.2, 0) is 6.42 Å². The number of non-ortho nitro benzene ring substituents is 1. The van der Waals surface area contributed by atoms with Gasteiger partial charge in [0.15, 0.2) is 5.69 Å². The van der Waals surface area contributed by atoms with Gasteiger partial charge in [0, 0.05) is 23.2 Å². The minimum atomic E-state index is -0.494. The standard InChI is InChI=1S/C21H14N4O3/c26-21(20-18-11-15(25(27)28)6-8-19(18)23-24-20)22-14-5-7-17-13(10-14)9-12-3-1-2-4-16(12)17/h1-8,10-11H,9H2,(H,22,26)(H,23,24). The molecule has 28 heavy (non-hydrogen) atoms. The average Bonchev–Trinajstić information content (AvgIpc) is 3.28. The van der Waals surface area contributed by atoms with Gasteiger partial charge in [0.25, 0.3) is 11.6 Å². The van der Waals surface area contributed by atoms with Gasteiger partial charge < -0.3 is 5.32 Å². The molecule has 136 valence electrons. The van der Waals surface area contributed by atoms with Crippen LogP contribution in [0.25, 0.3) is 22.0 Å². The van der Waals surface area contributed by atoms with Gasteiger partial charge in [-0.3, -0.25) is 20.0 Å². The van der Waals surface area contributed by atoms with E-state index < -0.39 is 10.8 Å². The van der Waals surface area contributed by atoms with Crippen LogP contribution in [0.2, 0.25) is 0 Å². The molecule has 7 heteroatoms. The molecule has 0 spiro atoms. The number of benzene rings is 3. The first-order chi connectivity index (χ1) is 13.6. The van der Waals surface area contributed by atoms with E-state index >= 15 is 0 Å². The summed E-state index contributed by atoms with van der Waals surface area (Å²) in [4.78, 5) is 23.2. The Balaban J connectivity index is 1.45. The molecule has 0 saturated carbocycles. The molecule has 7 nitrogen and oxygen atoms in total. The van der Waals surface area contributed by atoms with E-state index in [-0.39, 0.29) is 11.4 Å². The second-order valence-corrected chi connectivity index (χ2v) is 6.72. The largest absolute Gasteiger partial charge is 0.321 e. The number of nitro groups is 1. The molecule has 0 bridgehead atoms. The van der Waals surface area contributed by atoms with Crippen molar-refractivity contribution in [3.8, 4) is 11.1 Å². The van der Waals surface area contributed by atoms with E-state index in [0.29, 0.717) is 16.6 Å². The van der Waals surface area contributed by atoms with Crippen molar-refractivity contribution in [3.63, 3.8) is 0 Å². The highest BCUT2D eigenvalue weighted by atomic mass is 16.6. The third kappa shape index (κ3) is 2.52. The molecule has 0 atom stereocenters. The summed E-state index contributed by atoms with van der Waals surface area (Å²) in [5.41, 5.74) is 6.10. The van der Waals surface area contributed by atoms with Crippen molar-refractivity contribution in [3.05, 3.63) is 87.6 Å². The zero-order valence-electron chi connectivity index (χ0n) is 14.6. The number of anilines is 1. The molecule has 1 aromatic heterocycles. The Bertz CT molecular complexity index is 1280. The molecule has 1 amide bonds. The normalized spacial score (nSPS) is 11.9. The number of fused-ring (bicyclic) bond motifs is 4. The molecule has 0 unspecified atom stereocenters. The van der Waals surface area contributed by atoms with Crippen LogP contribution in [0.15, 0.2) is 60.7 Å². The molecule has 1 aliphatic rings. The summed E-state index contributed by atoms with van der Waals surface area (Å²) in [5.74, 6) is -0.415. The molecular formula is C21H14N4O3. The molecule has 2 N–H and O–H groups in total. The van der Waals surface area contributed by atoms with E-state index in [2.05, 4.69) is 27.6 Å². The smallest absolute Gasteiger partial charge is 0.276 e. The summed E-state index contributed by atoms with van der Waals surface area (Å²) in [6.07, 6.45) is 0.826. The molecule has 0 aliphatic heterocycles. The Morgan fingerprint density at radius 1 is 1.04 bits per heavy atom. The van der Waals surface area contributed by atoms with Gasteiger partial charge in [-0.05, 0) is 46.9 Å². The fourth-order valence-corrected chi connectivity index (χ4v) is 3.70. The first-order valence-electron chi connectivity index (χ1n) is 8.75. The van der Waals surface area contributed by atoms with Crippen molar-refractivity contribution in [1.82, 2.24) is 10.2 Å². The minimum absolute atomic E-state index is 0.0850. The lowest BCUT2D eigenvalue weighted by Gasteiger charge is -2.07. The summed E-state index contributed by atoms with van der Waals surface area (Å²) in [6, 6.07) is 18.3. The topological polar surface area (TPSA) is 101 Å². The van der Waals surface area contributed by atoms with Gasteiger partial charge >= 0.3 is 0 Å². The molecule has 5 rings (SSSR count). The second kappa shape index (κ2) is 6.02. The number of aromatic amines is 1. The van der Waals surface area contributed by atoms with Crippen LogP contribution < -0.4 is 5.32 Å². The summed E-state index contributed by atoms with van der Waals surface area (Å²) in [7, 11) is 0. The van der Waals surface area contributed by atoms with Crippen molar-refractivity contribution >= 4 is 28.2 Å². The van der Waals surface area contributed by atoms with Gasteiger partial charge in [-0.2, -0.15) is 5.10 Å². The molecule has 3 aromatic carbocycles. The Hall–Kier alpha value is -4.00. The molecule has 0 fully saturated rings. The van der Waals surface area contributed by atoms with Crippen molar-refractivity contribution in [2.24, 2.45) is 0 Å². The number of nitrogens with one attached hydrogen (secondary N) is 2. The number of amides is 1. The van der Waals surface area contributed by atoms with E-state index in [0.717, 1.165) is 12.0 Å². The van der Waals surface area contributed by atoms with Gasteiger partial charge in [-0.1, -0.05) is 30.3 Å². The van der Waals surface area contributed by atoms with Crippen LogP contribution >= 0.6 is 0 Å². The number of H-pyrrole nitrogens is 1. The van der Waals surface area contributed by atoms with Crippen molar-refractivity contribution < 1.29 is 9.72 Å². The molecule has 1 aliphatic carbocycles. The van der Waals surface area contributed by atoms with E-state index in [1.807, 2.05) is 30.3 Å². The zero-order valence-corrected chi connectivity index (χ0v) is 14.6. The Morgan fingerprint density at radius 3 is 2.71 bits per heavy atom. The predicted molar refractivity (Wildman–Crippen MR) is 105 cm³/mol. The first kappa shape index (κ1) is 16.2. The molecule has 4 aromatic rings. The lowest BCUT2D eigenvalue weighted by atomic mass is 10.1. The van der Waals surface area contributed by atoms with Gasteiger partial charge in [-0.15, -0.1) is 0 Å². The van der Waals surface area contributed by atoms with Crippen LogP contribution in [0.4, 0.5) is 11.4 Å². The fourth-order valence-electron chi connectivity index (χ4n) is 3.70. The van der Waals surface area contributed by atoms with Gasteiger partial charge in [0.05, 0.1) is 10.4 Å². The lowest BCUT2D eigenvalue weighted by molar-refractivity contribution is -0.384. The van der Waals surface area contributed by atoms with Crippen LogP contribution in [0.5, 0.6) is 0 Å². The van der Waals surface area contributed by atoms with Crippen LogP contribution in [-0.4, -0.2) is 21.0 Å². The molecule has 0 radical (unpaired) electrons. The Labute approximate surface area is 159 Å². The average molecular weight is 370 g/mol. The van der Waals surface area contributed by atoms with Crippen molar-refractivity contribution in [2.75, 3.05) is 5.32 Å². The highest BCUT2D eigenvalue weighted by molar-refractivity contribution is 6.11. The Morgan fingerprint density at radius 2 is 1.86 bits per heavy atom. The number of carbonyl (C=O) groups excluding carboxylic acids is 1. The van der Waals surface area contributed by atoms with Crippen LogP contribution in [0.3, 0.4) is 0 Å².